The highest BCUT2D eigenvalue weighted by atomic mass is 15.6. The Morgan fingerprint density at radius 2 is 1.83 bits per heavy atom. The minimum atomic E-state index is 1.18. The lowest BCUT2D eigenvalue weighted by atomic mass is 10.3. The third-order valence-electron chi connectivity index (χ3n) is 2.62. The molecule has 12 heavy (non-hydrogen) atoms. The highest BCUT2D eigenvalue weighted by Gasteiger charge is 2.16. The molecular weight excluding hydrogens is 148 g/mol. The molecule has 0 radical (unpaired) electrons. The van der Waals surface area contributed by atoms with Crippen LogP contribution in [0.1, 0.15) is 39.5 Å². The van der Waals surface area contributed by atoms with Crippen LogP contribution in [0.25, 0.3) is 0 Å². The first kappa shape index (κ1) is 10.0. The average molecular weight is 170 g/mol. The van der Waals surface area contributed by atoms with Gasteiger partial charge in [-0.3, -0.25) is 0 Å². The number of hydrazine groups is 1. The van der Waals surface area contributed by atoms with Crippen molar-refractivity contribution in [3.05, 3.63) is 0 Å². The first-order valence-corrected chi connectivity index (χ1v) is 5.38. The summed E-state index contributed by atoms with van der Waals surface area (Å²) in [5, 5.41) is 5.03. The van der Waals surface area contributed by atoms with Crippen molar-refractivity contribution in [3.63, 3.8) is 0 Å². The van der Waals surface area contributed by atoms with Crippen LogP contribution in [0.5, 0.6) is 0 Å². The largest absolute Gasteiger partial charge is 0.242 e. The van der Waals surface area contributed by atoms with Crippen molar-refractivity contribution >= 4 is 0 Å². The maximum absolute atomic E-state index is 2.52. The Kier molecular flexibility index (Phi) is 4.62. The monoisotopic (exact) mass is 170 g/mol. The van der Waals surface area contributed by atoms with Gasteiger partial charge in [-0.1, -0.05) is 20.3 Å². The number of hydrogen-bond acceptors (Lipinski definition) is 2. The van der Waals surface area contributed by atoms with Gasteiger partial charge in [-0.15, -0.1) is 0 Å². The van der Waals surface area contributed by atoms with Crippen LogP contribution in [0.4, 0.5) is 0 Å². The number of nitrogens with zero attached hydrogens (tertiary/aromatic N) is 2. The van der Waals surface area contributed by atoms with Crippen molar-refractivity contribution in [1.29, 1.82) is 0 Å². The third-order valence-corrected chi connectivity index (χ3v) is 2.62. The van der Waals surface area contributed by atoms with Gasteiger partial charge in [0, 0.05) is 26.2 Å². The average Bonchev–Trinajstić information content (AvgIpc) is 2.59. The molecule has 72 valence electrons. The van der Waals surface area contributed by atoms with Crippen molar-refractivity contribution in [1.82, 2.24) is 10.0 Å². The maximum Gasteiger partial charge on any atom is 0.0133 e. The van der Waals surface area contributed by atoms with Crippen molar-refractivity contribution in [3.8, 4) is 0 Å². The Morgan fingerprint density at radius 1 is 1.17 bits per heavy atom. The lowest BCUT2D eigenvalue weighted by Crippen LogP contribution is -2.41. The topological polar surface area (TPSA) is 6.48 Å². The zero-order chi connectivity index (χ0) is 8.81. The third kappa shape index (κ3) is 2.76. The van der Waals surface area contributed by atoms with Gasteiger partial charge in [-0.05, 0) is 19.3 Å². The normalized spacial score (nSPS) is 19.2. The van der Waals surface area contributed by atoms with Crippen LogP contribution in [0.3, 0.4) is 0 Å². The Balaban J connectivity index is 2.22. The van der Waals surface area contributed by atoms with Crippen LogP contribution in [-0.2, 0) is 0 Å². The standard InChI is InChI=1S/C10H22N2/c1-3-5-8-11(4-2)12-9-6-7-10-12/h3-10H2,1-2H3. The predicted molar refractivity (Wildman–Crippen MR) is 53.0 cm³/mol. The molecule has 0 spiro atoms. The molecule has 1 aliphatic rings. The van der Waals surface area contributed by atoms with Gasteiger partial charge in [-0.25, -0.2) is 10.0 Å². The zero-order valence-electron chi connectivity index (χ0n) is 8.55. The summed E-state index contributed by atoms with van der Waals surface area (Å²) in [6, 6.07) is 0. The molecule has 1 saturated heterocycles. The molecule has 0 saturated carbocycles. The fraction of sp³-hybridized carbons (Fsp3) is 1.00. The highest BCUT2D eigenvalue weighted by molar-refractivity contribution is 4.64. The minimum absolute atomic E-state index is 1.18. The van der Waals surface area contributed by atoms with Gasteiger partial charge in [0.05, 0.1) is 0 Å². The highest BCUT2D eigenvalue weighted by Crippen LogP contribution is 2.11. The first-order chi connectivity index (χ1) is 5.88. The molecule has 0 aromatic carbocycles. The molecule has 0 unspecified atom stereocenters. The van der Waals surface area contributed by atoms with E-state index < -0.39 is 0 Å². The second-order valence-corrected chi connectivity index (χ2v) is 3.56. The Hall–Kier alpha value is -0.0800. The van der Waals surface area contributed by atoms with Gasteiger partial charge in [0.2, 0.25) is 0 Å². The molecule has 0 aliphatic carbocycles. The van der Waals surface area contributed by atoms with Crippen LogP contribution in [0.15, 0.2) is 0 Å². The van der Waals surface area contributed by atoms with Gasteiger partial charge in [0.1, 0.15) is 0 Å². The van der Waals surface area contributed by atoms with Crippen LogP contribution in [0.2, 0.25) is 0 Å². The van der Waals surface area contributed by atoms with E-state index in [9.17, 15) is 0 Å². The van der Waals surface area contributed by atoms with Crippen LogP contribution in [-0.4, -0.2) is 36.2 Å². The fourth-order valence-corrected chi connectivity index (χ4v) is 1.82. The first-order valence-electron chi connectivity index (χ1n) is 5.38. The van der Waals surface area contributed by atoms with E-state index in [1.54, 1.807) is 0 Å². The zero-order valence-corrected chi connectivity index (χ0v) is 8.55. The summed E-state index contributed by atoms with van der Waals surface area (Å²) in [7, 11) is 0. The van der Waals surface area contributed by atoms with Crippen LogP contribution < -0.4 is 0 Å². The second kappa shape index (κ2) is 5.55. The molecular formula is C10H22N2. The number of hydrogen-bond donors (Lipinski definition) is 0. The molecule has 1 fully saturated rings. The smallest absolute Gasteiger partial charge is 0.0133 e. The van der Waals surface area contributed by atoms with Crippen molar-refractivity contribution in [2.24, 2.45) is 0 Å². The molecule has 0 amide bonds. The van der Waals surface area contributed by atoms with E-state index in [0.717, 1.165) is 0 Å². The summed E-state index contributed by atoms with van der Waals surface area (Å²) in [6.07, 6.45) is 5.43. The van der Waals surface area contributed by atoms with E-state index >= 15 is 0 Å². The van der Waals surface area contributed by atoms with Crippen LogP contribution in [0, 0.1) is 0 Å². The Morgan fingerprint density at radius 3 is 2.33 bits per heavy atom. The predicted octanol–water partition coefficient (Wildman–Crippen LogP) is 2.12. The molecule has 0 aromatic rings. The Bertz CT molecular complexity index is 108. The van der Waals surface area contributed by atoms with Gasteiger partial charge in [0.25, 0.3) is 0 Å². The minimum Gasteiger partial charge on any atom is -0.242 e. The molecule has 0 aromatic heterocycles. The molecule has 2 nitrogen and oxygen atoms in total. The molecule has 2 heteroatoms. The van der Waals surface area contributed by atoms with Gasteiger partial charge in [0.15, 0.2) is 0 Å². The molecule has 0 N–H and O–H groups in total. The summed E-state index contributed by atoms with van der Waals surface area (Å²) in [5.74, 6) is 0. The van der Waals surface area contributed by atoms with Gasteiger partial charge < -0.3 is 0 Å². The molecule has 0 bridgehead atoms. The summed E-state index contributed by atoms with van der Waals surface area (Å²) >= 11 is 0. The SMILES string of the molecule is CCCCN(CC)N1CCCC1. The van der Waals surface area contributed by atoms with Crippen molar-refractivity contribution < 1.29 is 0 Å². The summed E-state index contributed by atoms with van der Waals surface area (Å²) in [4.78, 5) is 0. The van der Waals surface area contributed by atoms with E-state index in [2.05, 4.69) is 23.9 Å². The van der Waals surface area contributed by atoms with Gasteiger partial charge >= 0.3 is 0 Å². The summed E-state index contributed by atoms with van der Waals surface area (Å²) < 4.78 is 0. The number of unbranched alkanes of at least 4 members (excludes halogenated alkanes) is 1. The summed E-state index contributed by atoms with van der Waals surface area (Å²) in [6.45, 7) is 9.54. The molecule has 1 rings (SSSR count). The second-order valence-electron chi connectivity index (χ2n) is 3.56. The number of rotatable bonds is 5. The Labute approximate surface area is 76.5 Å². The van der Waals surface area contributed by atoms with E-state index in [1.165, 1.54) is 51.9 Å². The maximum atomic E-state index is 2.52. The van der Waals surface area contributed by atoms with E-state index in [-0.39, 0.29) is 0 Å². The van der Waals surface area contributed by atoms with E-state index in [0.29, 0.717) is 0 Å². The quantitative estimate of drug-likeness (QED) is 0.623. The van der Waals surface area contributed by atoms with Gasteiger partial charge in [-0.2, -0.15) is 0 Å². The summed E-state index contributed by atoms with van der Waals surface area (Å²) in [5.41, 5.74) is 0. The lowest BCUT2D eigenvalue weighted by Gasteiger charge is -2.30. The molecule has 1 heterocycles. The van der Waals surface area contributed by atoms with Crippen LogP contribution >= 0.6 is 0 Å². The molecule has 0 atom stereocenters. The van der Waals surface area contributed by atoms with Crippen molar-refractivity contribution in [2.75, 3.05) is 26.2 Å². The van der Waals surface area contributed by atoms with Crippen molar-refractivity contribution in [2.45, 2.75) is 39.5 Å². The van der Waals surface area contributed by atoms with E-state index in [1.807, 2.05) is 0 Å². The fourth-order valence-electron chi connectivity index (χ4n) is 1.82. The molecule has 1 aliphatic heterocycles. The van der Waals surface area contributed by atoms with E-state index in [4.69, 9.17) is 0 Å². The lowest BCUT2D eigenvalue weighted by molar-refractivity contribution is 0.000829.